The topological polar surface area (TPSA) is 92.2 Å². The molecule has 0 aliphatic heterocycles. The highest BCUT2D eigenvalue weighted by Gasteiger charge is 2.19. The van der Waals surface area contributed by atoms with Gasteiger partial charge >= 0.3 is 5.97 Å². The summed E-state index contributed by atoms with van der Waals surface area (Å²) in [6.45, 7) is 1.66. The van der Waals surface area contributed by atoms with Crippen molar-refractivity contribution in [2.24, 2.45) is 0 Å². The van der Waals surface area contributed by atoms with Crippen molar-refractivity contribution in [2.75, 3.05) is 0 Å². The number of nitrogens with zero attached hydrogens (tertiary/aromatic N) is 2. The molecule has 16 heavy (non-hydrogen) atoms. The molecule has 1 unspecified atom stereocenters. The second kappa shape index (κ2) is 5.41. The number of rotatable bonds is 4. The number of halogens is 1. The Morgan fingerprint density at radius 3 is 2.75 bits per heavy atom. The predicted octanol–water partition coefficient (Wildman–Crippen LogP) is 0.723. The van der Waals surface area contributed by atoms with E-state index in [9.17, 15) is 9.59 Å². The van der Waals surface area contributed by atoms with Crippen molar-refractivity contribution < 1.29 is 14.7 Å². The number of carboxylic acids is 1. The summed E-state index contributed by atoms with van der Waals surface area (Å²) in [7, 11) is 0. The maximum absolute atomic E-state index is 11.5. The second-order valence-electron chi connectivity index (χ2n) is 3.00. The molecule has 1 heterocycles. The molecule has 0 aliphatic rings. The first-order valence-electron chi connectivity index (χ1n) is 4.55. The Morgan fingerprint density at radius 1 is 1.56 bits per heavy atom. The van der Waals surface area contributed by atoms with Crippen LogP contribution < -0.4 is 5.32 Å². The van der Waals surface area contributed by atoms with Crippen LogP contribution >= 0.6 is 11.6 Å². The van der Waals surface area contributed by atoms with Gasteiger partial charge in [0.15, 0.2) is 0 Å². The molecule has 0 saturated heterocycles. The first-order valence-corrected chi connectivity index (χ1v) is 4.93. The lowest BCUT2D eigenvalue weighted by Gasteiger charge is -2.11. The third-order valence-corrected chi connectivity index (χ3v) is 2.03. The summed E-state index contributed by atoms with van der Waals surface area (Å²) in [4.78, 5) is 29.6. The molecule has 2 N–H and O–H groups in total. The van der Waals surface area contributed by atoms with Gasteiger partial charge in [-0.15, -0.1) is 0 Å². The summed E-state index contributed by atoms with van der Waals surface area (Å²) in [6.07, 6.45) is 2.79. The van der Waals surface area contributed by atoms with Gasteiger partial charge in [-0.25, -0.2) is 9.78 Å². The number of carboxylic acid groups (broad SMARTS) is 1. The van der Waals surface area contributed by atoms with Crippen LogP contribution in [0.3, 0.4) is 0 Å². The van der Waals surface area contributed by atoms with Crippen LogP contribution in [0.5, 0.6) is 0 Å². The van der Waals surface area contributed by atoms with Gasteiger partial charge in [0, 0.05) is 0 Å². The molecule has 1 atom stereocenters. The Hall–Kier alpha value is -1.69. The molecule has 0 bridgehead atoms. The zero-order valence-corrected chi connectivity index (χ0v) is 9.23. The molecular formula is C9H10ClN3O3. The maximum Gasteiger partial charge on any atom is 0.326 e. The minimum Gasteiger partial charge on any atom is -0.480 e. The smallest absolute Gasteiger partial charge is 0.326 e. The van der Waals surface area contributed by atoms with Crippen LogP contribution in [-0.2, 0) is 4.79 Å². The number of carbonyl (C=O) groups is 2. The number of hydrogen-bond donors (Lipinski definition) is 2. The van der Waals surface area contributed by atoms with Gasteiger partial charge in [0.05, 0.1) is 12.4 Å². The highest BCUT2D eigenvalue weighted by Crippen LogP contribution is 2.03. The van der Waals surface area contributed by atoms with Crippen LogP contribution in [0.4, 0.5) is 0 Å². The largest absolute Gasteiger partial charge is 0.480 e. The Bertz CT molecular complexity index is 411. The minimum absolute atomic E-state index is 0.00722. The summed E-state index contributed by atoms with van der Waals surface area (Å²) in [6, 6.07) is -0.937. The van der Waals surface area contributed by atoms with E-state index in [-0.39, 0.29) is 17.3 Å². The molecule has 0 aliphatic carbocycles. The lowest BCUT2D eigenvalue weighted by molar-refractivity contribution is -0.139. The van der Waals surface area contributed by atoms with Gasteiger partial charge in [0.25, 0.3) is 5.91 Å². The van der Waals surface area contributed by atoms with Crippen LogP contribution in [0.1, 0.15) is 23.8 Å². The summed E-state index contributed by atoms with van der Waals surface area (Å²) in [5, 5.41) is 11.1. The van der Waals surface area contributed by atoms with E-state index in [2.05, 4.69) is 15.3 Å². The molecule has 1 amide bonds. The zero-order valence-electron chi connectivity index (χ0n) is 8.48. The Morgan fingerprint density at radius 2 is 2.25 bits per heavy atom. The molecule has 0 radical (unpaired) electrons. The normalized spacial score (nSPS) is 11.9. The van der Waals surface area contributed by atoms with Crippen LogP contribution in [-0.4, -0.2) is 33.0 Å². The zero-order chi connectivity index (χ0) is 12.1. The molecule has 0 spiro atoms. The quantitative estimate of drug-likeness (QED) is 0.813. The SMILES string of the molecule is CCC(NC(=O)c1cncc(Cl)n1)C(=O)O. The van der Waals surface area contributed by atoms with Crippen LogP contribution in [0.15, 0.2) is 12.4 Å². The van der Waals surface area contributed by atoms with Crippen molar-refractivity contribution in [1.29, 1.82) is 0 Å². The van der Waals surface area contributed by atoms with Gasteiger partial charge in [-0.1, -0.05) is 18.5 Å². The van der Waals surface area contributed by atoms with E-state index in [0.29, 0.717) is 0 Å². The molecule has 1 aromatic rings. The van der Waals surface area contributed by atoms with E-state index in [1.54, 1.807) is 6.92 Å². The summed E-state index contributed by atoms with van der Waals surface area (Å²) in [5.74, 6) is -1.70. The van der Waals surface area contributed by atoms with Crippen molar-refractivity contribution in [3.63, 3.8) is 0 Å². The highest BCUT2D eigenvalue weighted by atomic mass is 35.5. The Balaban J connectivity index is 2.75. The van der Waals surface area contributed by atoms with Crippen LogP contribution in [0.25, 0.3) is 0 Å². The Kier molecular flexibility index (Phi) is 4.19. The highest BCUT2D eigenvalue weighted by molar-refractivity contribution is 6.29. The van der Waals surface area contributed by atoms with E-state index in [0.717, 1.165) is 0 Å². The van der Waals surface area contributed by atoms with Gasteiger partial charge in [0.1, 0.15) is 16.9 Å². The fourth-order valence-corrected chi connectivity index (χ4v) is 1.17. The number of carbonyl (C=O) groups excluding carboxylic acids is 1. The number of nitrogens with one attached hydrogen (secondary N) is 1. The Labute approximate surface area is 96.7 Å². The first-order chi connectivity index (χ1) is 7.54. The monoisotopic (exact) mass is 243 g/mol. The average Bonchev–Trinajstić information content (AvgIpc) is 2.25. The van der Waals surface area contributed by atoms with E-state index < -0.39 is 17.9 Å². The third kappa shape index (κ3) is 3.16. The first kappa shape index (κ1) is 12.4. The number of aromatic nitrogens is 2. The van der Waals surface area contributed by atoms with Gasteiger partial charge in [-0.2, -0.15) is 0 Å². The van der Waals surface area contributed by atoms with Gasteiger partial charge in [-0.3, -0.25) is 9.78 Å². The summed E-state index contributed by atoms with van der Waals surface area (Å²) >= 11 is 5.55. The molecular weight excluding hydrogens is 234 g/mol. The second-order valence-corrected chi connectivity index (χ2v) is 3.39. The molecule has 86 valence electrons. The van der Waals surface area contributed by atoms with Crippen LogP contribution in [0, 0.1) is 0 Å². The van der Waals surface area contributed by atoms with E-state index in [1.165, 1.54) is 12.4 Å². The maximum atomic E-state index is 11.5. The fourth-order valence-electron chi connectivity index (χ4n) is 1.02. The molecule has 0 aromatic carbocycles. The fraction of sp³-hybridized carbons (Fsp3) is 0.333. The van der Waals surface area contributed by atoms with Crippen molar-refractivity contribution in [3.8, 4) is 0 Å². The number of hydrogen-bond acceptors (Lipinski definition) is 4. The molecule has 0 fully saturated rings. The lowest BCUT2D eigenvalue weighted by atomic mass is 10.2. The standard InChI is InChI=1S/C9H10ClN3O3/c1-2-5(9(15)16)13-8(14)6-3-11-4-7(10)12-6/h3-5H,2H2,1H3,(H,13,14)(H,15,16). The predicted molar refractivity (Wildman–Crippen MR) is 56.2 cm³/mol. The number of amides is 1. The molecule has 7 heteroatoms. The average molecular weight is 244 g/mol. The molecule has 1 aromatic heterocycles. The van der Waals surface area contributed by atoms with Crippen molar-refractivity contribution >= 4 is 23.5 Å². The number of aliphatic carboxylic acids is 1. The van der Waals surface area contributed by atoms with Crippen molar-refractivity contribution in [1.82, 2.24) is 15.3 Å². The minimum atomic E-state index is -1.09. The van der Waals surface area contributed by atoms with Crippen LogP contribution in [0.2, 0.25) is 5.15 Å². The van der Waals surface area contributed by atoms with Gasteiger partial charge in [-0.05, 0) is 6.42 Å². The van der Waals surface area contributed by atoms with Crippen molar-refractivity contribution in [2.45, 2.75) is 19.4 Å². The lowest BCUT2D eigenvalue weighted by Crippen LogP contribution is -2.40. The summed E-state index contributed by atoms with van der Waals surface area (Å²) < 4.78 is 0. The molecule has 0 saturated carbocycles. The van der Waals surface area contributed by atoms with E-state index >= 15 is 0 Å². The summed E-state index contributed by atoms with van der Waals surface area (Å²) in [5.41, 5.74) is -0.00722. The van der Waals surface area contributed by atoms with Crippen molar-refractivity contribution in [3.05, 3.63) is 23.2 Å². The third-order valence-electron chi connectivity index (χ3n) is 1.85. The van der Waals surface area contributed by atoms with Gasteiger partial charge < -0.3 is 10.4 Å². The van der Waals surface area contributed by atoms with Gasteiger partial charge in [0.2, 0.25) is 0 Å². The van der Waals surface area contributed by atoms with E-state index in [1.807, 2.05) is 0 Å². The molecule has 1 rings (SSSR count). The molecule has 6 nitrogen and oxygen atoms in total. The van der Waals surface area contributed by atoms with E-state index in [4.69, 9.17) is 16.7 Å².